The quantitative estimate of drug-likeness (QED) is 0.787. The fourth-order valence-corrected chi connectivity index (χ4v) is 2.27. The standard InChI is InChI=1S/C10H16N2O2S/c1-10(2,3)5-6-12-7(8(11)15-6)9(13)14-4/h5,11H2,1-4H3. The molecule has 15 heavy (non-hydrogen) atoms. The summed E-state index contributed by atoms with van der Waals surface area (Å²) in [5.41, 5.74) is 6.07. The number of thiazole rings is 1. The molecule has 1 aromatic rings. The van der Waals surface area contributed by atoms with Gasteiger partial charge in [-0.3, -0.25) is 0 Å². The van der Waals surface area contributed by atoms with Crippen LogP contribution in [-0.2, 0) is 11.2 Å². The summed E-state index contributed by atoms with van der Waals surface area (Å²) in [7, 11) is 1.32. The van der Waals surface area contributed by atoms with Gasteiger partial charge in [0.2, 0.25) is 0 Å². The van der Waals surface area contributed by atoms with Gasteiger partial charge in [-0.15, -0.1) is 11.3 Å². The van der Waals surface area contributed by atoms with Crippen molar-refractivity contribution in [3.63, 3.8) is 0 Å². The minimum absolute atomic E-state index is 0.137. The maximum Gasteiger partial charge on any atom is 0.359 e. The van der Waals surface area contributed by atoms with Gasteiger partial charge in [0.1, 0.15) is 5.00 Å². The van der Waals surface area contributed by atoms with Crippen molar-refractivity contribution in [2.24, 2.45) is 5.41 Å². The van der Waals surface area contributed by atoms with Crippen LogP contribution in [0.25, 0.3) is 0 Å². The van der Waals surface area contributed by atoms with Crippen LogP contribution >= 0.6 is 11.3 Å². The van der Waals surface area contributed by atoms with E-state index in [1.54, 1.807) is 0 Å². The molecular formula is C10H16N2O2S. The molecule has 0 aliphatic carbocycles. The lowest BCUT2D eigenvalue weighted by Crippen LogP contribution is -2.09. The number of carbonyl (C=O) groups is 1. The van der Waals surface area contributed by atoms with Gasteiger partial charge in [-0.25, -0.2) is 9.78 Å². The summed E-state index contributed by atoms with van der Waals surface area (Å²) in [5.74, 6) is -0.469. The van der Waals surface area contributed by atoms with E-state index in [1.807, 2.05) is 0 Å². The van der Waals surface area contributed by atoms with E-state index in [-0.39, 0.29) is 11.1 Å². The Morgan fingerprint density at radius 1 is 1.53 bits per heavy atom. The number of carbonyl (C=O) groups excluding carboxylic acids is 1. The van der Waals surface area contributed by atoms with E-state index in [9.17, 15) is 4.79 Å². The smallest absolute Gasteiger partial charge is 0.359 e. The Labute approximate surface area is 93.5 Å². The molecule has 1 heterocycles. The van der Waals surface area contributed by atoms with Crippen molar-refractivity contribution in [1.82, 2.24) is 4.98 Å². The first kappa shape index (κ1) is 12.0. The monoisotopic (exact) mass is 228 g/mol. The second-order valence-electron chi connectivity index (χ2n) is 4.55. The Morgan fingerprint density at radius 2 is 2.13 bits per heavy atom. The first-order valence-corrected chi connectivity index (χ1v) is 5.48. The number of methoxy groups -OCH3 is 1. The minimum Gasteiger partial charge on any atom is -0.464 e. The molecule has 0 saturated carbocycles. The molecule has 0 aromatic carbocycles. The molecule has 0 saturated heterocycles. The molecule has 0 aliphatic rings. The van der Waals surface area contributed by atoms with Gasteiger partial charge in [0.15, 0.2) is 5.69 Å². The number of aromatic nitrogens is 1. The van der Waals surface area contributed by atoms with Crippen LogP contribution in [0.1, 0.15) is 36.3 Å². The summed E-state index contributed by atoms with van der Waals surface area (Å²) in [6.07, 6.45) is 0.804. The summed E-state index contributed by atoms with van der Waals surface area (Å²) in [6, 6.07) is 0. The SMILES string of the molecule is COC(=O)c1nc(CC(C)(C)C)sc1N. The summed E-state index contributed by atoms with van der Waals surface area (Å²) in [6.45, 7) is 6.34. The lowest BCUT2D eigenvalue weighted by Gasteiger charge is -2.15. The highest BCUT2D eigenvalue weighted by Crippen LogP contribution is 2.27. The molecule has 84 valence electrons. The molecule has 0 spiro atoms. The van der Waals surface area contributed by atoms with Crippen LogP contribution in [-0.4, -0.2) is 18.1 Å². The van der Waals surface area contributed by atoms with Gasteiger partial charge in [-0.1, -0.05) is 20.8 Å². The zero-order valence-corrected chi connectivity index (χ0v) is 10.3. The number of hydrogen-bond donors (Lipinski definition) is 1. The Hall–Kier alpha value is -1.10. The molecule has 1 rings (SSSR count). The van der Waals surface area contributed by atoms with Crippen molar-refractivity contribution in [3.8, 4) is 0 Å². The molecule has 0 amide bonds. The fourth-order valence-electron chi connectivity index (χ4n) is 1.15. The molecule has 0 fully saturated rings. The molecule has 5 heteroatoms. The molecular weight excluding hydrogens is 212 g/mol. The fraction of sp³-hybridized carbons (Fsp3) is 0.600. The van der Waals surface area contributed by atoms with Crippen molar-refractivity contribution in [2.45, 2.75) is 27.2 Å². The predicted octanol–water partition coefficient (Wildman–Crippen LogP) is 2.10. The average Bonchev–Trinajstić information content (AvgIpc) is 2.42. The normalized spacial score (nSPS) is 11.5. The van der Waals surface area contributed by atoms with Gasteiger partial charge in [0.25, 0.3) is 0 Å². The summed E-state index contributed by atoms with van der Waals surface area (Å²) in [5, 5.41) is 1.31. The Balaban J connectivity index is 2.91. The molecule has 0 radical (unpaired) electrons. The van der Waals surface area contributed by atoms with Crippen molar-refractivity contribution in [2.75, 3.05) is 12.8 Å². The third-order valence-electron chi connectivity index (χ3n) is 1.76. The van der Waals surface area contributed by atoms with Crippen LogP contribution in [0.15, 0.2) is 0 Å². The van der Waals surface area contributed by atoms with Gasteiger partial charge in [0.05, 0.1) is 12.1 Å². The van der Waals surface area contributed by atoms with Crippen molar-refractivity contribution >= 4 is 22.3 Å². The van der Waals surface area contributed by atoms with E-state index in [1.165, 1.54) is 18.4 Å². The van der Waals surface area contributed by atoms with Gasteiger partial charge in [-0.05, 0) is 5.41 Å². The Morgan fingerprint density at radius 3 is 2.60 bits per heavy atom. The number of nitrogen functional groups attached to an aromatic ring is 1. The number of esters is 1. The average molecular weight is 228 g/mol. The van der Waals surface area contributed by atoms with E-state index in [0.29, 0.717) is 5.00 Å². The van der Waals surface area contributed by atoms with Crippen LogP contribution in [0.5, 0.6) is 0 Å². The van der Waals surface area contributed by atoms with Gasteiger partial charge in [-0.2, -0.15) is 0 Å². The molecule has 4 nitrogen and oxygen atoms in total. The first-order chi connectivity index (χ1) is 6.83. The van der Waals surface area contributed by atoms with Gasteiger partial charge >= 0.3 is 5.97 Å². The van der Waals surface area contributed by atoms with Crippen LogP contribution < -0.4 is 5.73 Å². The number of anilines is 1. The molecule has 0 unspecified atom stereocenters. The van der Waals surface area contributed by atoms with Gasteiger partial charge < -0.3 is 10.5 Å². The lowest BCUT2D eigenvalue weighted by atomic mass is 9.93. The largest absolute Gasteiger partial charge is 0.464 e. The Kier molecular flexibility index (Phi) is 3.34. The topological polar surface area (TPSA) is 65.2 Å². The van der Waals surface area contributed by atoms with Crippen molar-refractivity contribution in [1.29, 1.82) is 0 Å². The maximum absolute atomic E-state index is 11.3. The second kappa shape index (κ2) is 4.18. The zero-order chi connectivity index (χ0) is 11.6. The third kappa shape index (κ3) is 3.20. The highest BCUT2D eigenvalue weighted by atomic mass is 32.1. The van der Waals surface area contributed by atoms with Crippen molar-refractivity contribution in [3.05, 3.63) is 10.7 Å². The zero-order valence-electron chi connectivity index (χ0n) is 9.46. The molecule has 0 aliphatic heterocycles. The van der Waals surface area contributed by atoms with Crippen LogP contribution in [0.3, 0.4) is 0 Å². The van der Waals surface area contributed by atoms with Crippen LogP contribution in [0, 0.1) is 5.41 Å². The van der Waals surface area contributed by atoms with E-state index in [2.05, 4.69) is 30.5 Å². The summed E-state index contributed by atoms with van der Waals surface area (Å²) in [4.78, 5) is 15.4. The van der Waals surface area contributed by atoms with E-state index >= 15 is 0 Å². The molecule has 1 aromatic heterocycles. The highest BCUT2D eigenvalue weighted by Gasteiger charge is 2.20. The molecule has 0 atom stereocenters. The van der Waals surface area contributed by atoms with E-state index in [0.717, 1.165) is 11.4 Å². The summed E-state index contributed by atoms with van der Waals surface area (Å²) >= 11 is 1.35. The predicted molar refractivity (Wildman–Crippen MR) is 61.0 cm³/mol. The van der Waals surface area contributed by atoms with Gasteiger partial charge in [0, 0.05) is 6.42 Å². The number of nitrogens with two attached hydrogens (primary N) is 1. The number of ether oxygens (including phenoxy) is 1. The van der Waals surface area contributed by atoms with Crippen LogP contribution in [0.4, 0.5) is 5.00 Å². The maximum atomic E-state index is 11.3. The Bertz CT molecular complexity index is 366. The number of nitrogens with zero attached hydrogens (tertiary/aromatic N) is 1. The van der Waals surface area contributed by atoms with E-state index in [4.69, 9.17) is 5.73 Å². The molecule has 2 N–H and O–H groups in total. The third-order valence-corrected chi connectivity index (χ3v) is 2.64. The first-order valence-electron chi connectivity index (χ1n) is 4.67. The number of rotatable bonds is 2. The van der Waals surface area contributed by atoms with Crippen molar-refractivity contribution < 1.29 is 9.53 Å². The number of hydrogen-bond acceptors (Lipinski definition) is 5. The second-order valence-corrected chi connectivity index (χ2v) is 5.66. The highest BCUT2D eigenvalue weighted by molar-refractivity contribution is 7.15. The summed E-state index contributed by atoms with van der Waals surface area (Å²) < 4.78 is 4.59. The lowest BCUT2D eigenvalue weighted by molar-refractivity contribution is 0.0596. The minimum atomic E-state index is -0.469. The van der Waals surface area contributed by atoms with Crippen LogP contribution in [0.2, 0.25) is 0 Å². The molecule has 0 bridgehead atoms. The van der Waals surface area contributed by atoms with E-state index < -0.39 is 5.97 Å².